The highest BCUT2D eigenvalue weighted by atomic mass is 35.5. The zero-order valence-electron chi connectivity index (χ0n) is 18.7. The maximum Gasteiger partial charge on any atom is 0.336 e. The average molecular weight is 484 g/mol. The summed E-state index contributed by atoms with van der Waals surface area (Å²) in [5, 5.41) is 11.4. The number of benzene rings is 2. The Labute approximate surface area is 201 Å². The highest BCUT2D eigenvalue weighted by Crippen LogP contribution is 2.30. The molecule has 0 spiro atoms. The fraction of sp³-hybridized carbons (Fsp3) is 0.320. The van der Waals surface area contributed by atoms with Crippen LogP contribution < -0.4 is 10.4 Å². The fourth-order valence-corrected chi connectivity index (χ4v) is 4.79. The first-order valence-corrected chi connectivity index (χ1v) is 12.4. The predicted octanol–water partition coefficient (Wildman–Crippen LogP) is 6.59. The molecular weight excluding hydrogens is 458 g/mol. The lowest BCUT2D eigenvalue weighted by Gasteiger charge is -2.11. The monoisotopic (exact) mass is 483 g/mol. The van der Waals surface area contributed by atoms with Crippen LogP contribution in [0, 0.1) is 0 Å². The van der Waals surface area contributed by atoms with E-state index in [0.717, 1.165) is 46.9 Å². The van der Waals surface area contributed by atoms with Crippen LogP contribution in [0.5, 0.6) is 5.75 Å². The first kappa shape index (κ1) is 23.4. The van der Waals surface area contributed by atoms with Crippen LogP contribution in [0.25, 0.3) is 22.4 Å². The van der Waals surface area contributed by atoms with Crippen molar-refractivity contribution in [1.82, 2.24) is 14.8 Å². The second-order valence-electron chi connectivity index (χ2n) is 7.77. The number of halogens is 1. The minimum atomic E-state index is -0.380. The van der Waals surface area contributed by atoms with Crippen molar-refractivity contribution in [2.24, 2.45) is 0 Å². The molecule has 0 saturated carbocycles. The number of unbranched alkanes of at least 4 members (excludes halogenated alkanes) is 3. The average Bonchev–Trinajstić information content (AvgIpc) is 3.22. The molecular formula is C25H26ClN3O3S. The van der Waals surface area contributed by atoms with Crippen molar-refractivity contribution in [1.29, 1.82) is 0 Å². The van der Waals surface area contributed by atoms with E-state index in [0.29, 0.717) is 22.1 Å². The van der Waals surface area contributed by atoms with Crippen LogP contribution in [0.4, 0.5) is 0 Å². The number of hydrogen-bond donors (Lipinski definition) is 0. The van der Waals surface area contributed by atoms with Gasteiger partial charge >= 0.3 is 5.63 Å². The van der Waals surface area contributed by atoms with E-state index in [-0.39, 0.29) is 5.63 Å². The Kier molecular flexibility index (Phi) is 7.73. The minimum Gasteiger partial charge on any atom is -0.497 e. The van der Waals surface area contributed by atoms with Gasteiger partial charge in [-0.15, -0.1) is 10.2 Å². The molecule has 4 rings (SSSR count). The van der Waals surface area contributed by atoms with Crippen molar-refractivity contribution in [3.8, 4) is 17.1 Å². The molecule has 0 saturated heterocycles. The molecule has 2 aromatic carbocycles. The van der Waals surface area contributed by atoms with Gasteiger partial charge in [0.2, 0.25) is 0 Å². The number of nitrogens with zero attached hydrogens (tertiary/aromatic N) is 3. The van der Waals surface area contributed by atoms with Gasteiger partial charge in [-0.2, -0.15) is 0 Å². The molecule has 0 N–H and O–H groups in total. The maximum absolute atomic E-state index is 12.1. The Bertz CT molecular complexity index is 1280. The van der Waals surface area contributed by atoms with E-state index in [1.54, 1.807) is 31.0 Å². The van der Waals surface area contributed by atoms with Crippen LogP contribution >= 0.6 is 23.4 Å². The van der Waals surface area contributed by atoms with Crippen LogP contribution in [0.2, 0.25) is 5.02 Å². The number of fused-ring (bicyclic) bond motifs is 1. The molecule has 0 aliphatic heterocycles. The van der Waals surface area contributed by atoms with Gasteiger partial charge < -0.3 is 13.7 Å². The molecule has 0 unspecified atom stereocenters. The molecule has 0 aliphatic rings. The summed E-state index contributed by atoms with van der Waals surface area (Å²) in [5.41, 5.74) is 2.00. The first-order valence-electron chi connectivity index (χ1n) is 11.0. The van der Waals surface area contributed by atoms with E-state index in [4.69, 9.17) is 20.8 Å². The highest BCUT2D eigenvalue weighted by Gasteiger charge is 2.16. The van der Waals surface area contributed by atoms with Gasteiger partial charge in [-0.3, -0.25) is 0 Å². The molecule has 0 atom stereocenters. The van der Waals surface area contributed by atoms with Gasteiger partial charge in [-0.05, 0) is 48.4 Å². The molecule has 0 amide bonds. The number of aromatic nitrogens is 3. The van der Waals surface area contributed by atoms with E-state index in [9.17, 15) is 4.79 Å². The Balaban J connectivity index is 1.62. The van der Waals surface area contributed by atoms with Crippen LogP contribution in [-0.2, 0) is 12.3 Å². The van der Waals surface area contributed by atoms with Gasteiger partial charge in [-0.25, -0.2) is 4.79 Å². The summed E-state index contributed by atoms with van der Waals surface area (Å²) in [6.07, 6.45) is 4.60. The normalized spacial score (nSPS) is 11.2. The van der Waals surface area contributed by atoms with E-state index >= 15 is 0 Å². The van der Waals surface area contributed by atoms with Gasteiger partial charge in [0.1, 0.15) is 11.3 Å². The highest BCUT2D eigenvalue weighted by molar-refractivity contribution is 7.98. The zero-order chi connectivity index (χ0) is 23.2. The van der Waals surface area contributed by atoms with Crippen molar-refractivity contribution in [3.63, 3.8) is 0 Å². The smallest absolute Gasteiger partial charge is 0.336 e. The third-order valence-electron chi connectivity index (χ3n) is 5.45. The molecule has 0 fully saturated rings. The number of ether oxygens (including phenoxy) is 1. The molecule has 2 aromatic heterocycles. The molecule has 8 heteroatoms. The van der Waals surface area contributed by atoms with E-state index in [1.807, 2.05) is 36.4 Å². The van der Waals surface area contributed by atoms with Crippen molar-refractivity contribution >= 4 is 34.3 Å². The predicted molar refractivity (Wildman–Crippen MR) is 133 cm³/mol. The van der Waals surface area contributed by atoms with Crippen LogP contribution in [0.15, 0.2) is 62.9 Å². The van der Waals surface area contributed by atoms with E-state index in [2.05, 4.69) is 21.7 Å². The van der Waals surface area contributed by atoms with E-state index < -0.39 is 0 Å². The first-order chi connectivity index (χ1) is 16.1. The van der Waals surface area contributed by atoms with Gasteiger partial charge in [0.15, 0.2) is 11.0 Å². The topological polar surface area (TPSA) is 70.2 Å². The zero-order valence-corrected chi connectivity index (χ0v) is 20.3. The van der Waals surface area contributed by atoms with Crippen LogP contribution in [0.1, 0.15) is 38.2 Å². The molecule has 0 aliphatic carbocycles. The Hall–Kier alpha value is -2.77. The van der Waals surface area contributed by atoms with Gasteiger partial charge in [0.25, 0.3) is 0 Å². The molecule has 33 heavy (non-hydrogen) atoms. The molecule has 6 nitrogen and oxygen atoms in total. The quantitative estimate of drug-likeness (QED) is 0.144. The molecule has 172 valence electrons. The second-order valence-corrected chi connectivity index (χ2v) is 9.15. The van der Waals surface area contributed by atoms with Crippen LogP contribution in [0.3, 0.4) is 0 Å². The second kappa shape index (κ2) is 10.9. The summed E-state index contributed by atoms with van der Waals surface area (Å²) in [6.45, 7) is 3.04. The summed E-state index contributed by atoms with van der Waals surface area (Å²) in [4.78, 5) is 12.1. The van der Waals surface area contributed by atoms with Crippen molar-refractivity contribution < 1.29 is 9.15 Å². The lowest BCUT2D eigenvalue weighted by molar-refractivity contribution is 0.414. The number of methoxy groups -OCH3 is 1. The molecule has 0 bridgehead atoms. The SMILES string of the molecule is CCCCCCn1c(SCc2cc(=O)oc3cc(OC)ccc23)nnc1-c1ccc(Cl)cc1. The van der Waals surface area contributed by atoms with Crippen molar-refractivity contribution in [2.75, 3.05) is 7.11 Å². The number of thioether (sulfide) groups is 1. The molecule has 2 heterocycles. The summed E-state index contributed by atoms with van der Waals surface area (Å²) in [6, 6.07) is 14.7. The lowest BCUT2D eigenvalue weighted by Crippen LogP contribution is -2.04. The summed E-state index contributed by atoms with van der Waals surface area (Å²) < 4.78 is 12.8. The number of hydrogen-bond acceptors (Lipinski definition) is 6. The fourth-order valence-electron chi connectivity index (χ4n) is 3.71. The maximum atomic E-state index is 12.1. The van der Waals surface area contributed by atoms with Crippen molar-refractivity contribution in [2.45, 2.75) is 50.1 Å². The van der Waals surface area contributed by atoms with Crippen LogP contribution in [-0.4, -0.2) is 21.9 Å². The summed E-state index contributed by atoms with van der Waals surface area (Å²) in [5.74, 6) is 2.05. The number of rotatable bonds is 10. The third kappa shape index (κ3) is 5.60. The van der Waals surface area contributed by atoms with Crippen molar-refractivity contribution in [3.05, 3.63) is 69.5 Å². The minimum absolute atomic E-state index is 0.380. The molecule has 4 aromatic rings. The summed E-state index contributed by atoms with van der Waals surface area (Å²) in [7, 11) is 1.59. The lowest BCUT2D eigenvalue weighted by atomic mass is 10.1. The molecule has 0 radical (unpaired) electrons. The Morgan fingerprint density at radius 1 is 1.06 bits per heavy atom. The van der Waals surface area contributed by atoms with Gasteiger partial charge in [-0.1, -0.05) is 49.5 Å². The standard InChI is InChI=1S/C25H26ClN3O3S/c1-3-4-5-6-13-29-24(17-7-9-19(26)10-8-17)27-28-25(29)33-16-18-14-23(30)32-22-15-20(31-2)11-12-21(18)22/h7-12,14-15H,3-6,13,16H2,1-2H3. The third-order valence-corrected chi connectivity index (χ3v) is 6.72. The van der Waals surface area contributed by atoms with Gasteiger partial charge in [0, 0.05) is 40.4 Å². The van der Waals surface area contributed by atoms with Gasteiger partial charge in [0.05, 0.1) is 7.11 Å². The summed E-state index contributed by atoms with van der Waals surface area (Å²) >= 11 is 7.64. The largest absolute Gasteiger partial charge is 0.497 e. The Morgan fingerprint density at radius 3 is 2.64 bits per heavy atom. The van der Waals surface area contributed by atoms with E-state index in [1.165, 1.54) is 12.8 Å². The Morgan fingerprint density at radius 2 is 1.88 bits per heavy atom.